The quantitative estimate of drug-likeness (QED) is 0.643. The Morgan fingerprint density at radius 1 is 1.47 bits per heavy atom. The van der Waals surface area contributed by atoms with Gasteiger partial charge in [-0.25, -0.2) is 19.2 Å². The zero-order valence-corrected chi connectivity index (χ0v) is 12.0. The van der Waals surface area contributed by atoms with E-state index in [0.29, 0.717) is 5.82 Å². The lowest BCUT2D eigenvalue weighted by molar-refractivity contribution is 0.328. The number of aromatic nitrogens is 1. The van der Waals surface area contributed by atoms with Crippen molar-refractivity contribution in [3.63, 3.8) is 0 Å². The second kappa shape index (κ2) is 5.44. The predicted molar refractivity (Wildman–Crippen MR) is 73.8 cm³/mol. The van der Waals surface area contributed by atoms with E-state index >= 15 is 0 Å². The summed E-state index contributed by atoms with van der Waals surface area (Å²) in [5.41, 5.74) is 2.38. The van der Waals surface area contributed by atoms with Gasteiger partial charge in [-0.05, 0) is 38.3 Å². The van der Waals surface area contributed by atoms with Gasteiger partial charge in [0.25, 0.3) is 0 Å². The number of nitrogens with one attached hydrogen (secondary N) is 1. The van der Waals surface area contributed by atoms with Crippen molar-refractivity contribution in [2.24, 2.45) is 5.84 Å². The van der Waals surface area contributed by atoms with Gasteiger partial charge in [0, 0.05) is 18.3 Å². The lowest BCUT2D eigenvalue weighted by atomic mass is 10.2. The van der Waals surface area contributed by atoms with E-state index in [1.807, 2.05) is 13.8 Å². The van der Waals surface area contributed by atoms with E-state index in [1.165, 1.54) is 12.3 Å². The maximum atomic E-state index is 12.6. The Kier molecular flexibility index (Phi) is 4.07. The van der Waals surface area contributed by atoms with E-state index in [9.17, 15) is 8.42 Å². The van der Waals surface area contributed by atoms with Gasteiger partial charge >= 0.3 is 0 Å². The molecule has 1 fully saturated rings. The molecule has 0 radical (unpaired) electrons. The Balaban J connectivity index is 2.35. The monoisotopic (exact) mass is 284 g/mol. The van der Waals surface area contributed by atoms with Crippen LogP contribution in [0, 0.1) is 0 Å². The van der Waals surface area contributed by atoms with E-state index < -0.39 is 10.0 Å². The molecule has 7 heteroatoms. The molecule has 1 aliphatic heterocycles. The van der Waals surface area contributed by atoms with Crippen LogP contribution in [0.25, 0.3) is 0 Å². The van der Waals surface area contributed by atoms with Crippen molar-refractivity contribution >= 4 is 15.8 Å². The third kappa shape index (κ3) is 2.58. The molecule has 0 aliphatic carbocycles. The predicted octanol–water partition coefficient (Wildman–Crippen LogP) is 1.32. The van der Waals surface area contributed by atoms with E-state index in [2.05, 4.69) is 10.4 Å². The molecule has 2 rings (SSSR count). The lowest BCUT2D eigenvalue weighted by Gasteiger charge is -2.26. The number of nitrogens with two attached hydrogens (primary N) is 1. The summed E-state index contributed by atoms with van der Waals surface area (Å²) in [5.74, 6) is 5.67. The molecule has 1 saturated heterocycles. The van der Waals surface area contributed by atoms with Gasteiger partial charge in [0.1, 0.15) is 10.7 Å². The number of rotatable bonds is 4. The molecule has 106 valence electrons. The first kappa shape index (κ1) is 14.2. The lowest BCUT2D eigenvalue weighted by Crippen LogP contribution is -2.39. The minimum absolute atomic E-state index is 0.0438. The van der Waals surface area contributed by atoms with Crippen molar-refractivity contribution in [2.45, 2.75) is 50.1 Å². The first-order valence-corrected chi connectivity index (χ1v) is 7.91. The van der Waals surface area contributed by atoms with Crippen LogP contribution in [0.1, 0.15) is 33.1 Å². The zero-order chi connectivity index (χ0) is 14.0. The van der Waals surface area contributed by atoms with Crippen molar-refractivity contribution in [3.8, 4) is 0 Å². The van der Waals surface area contributed by atoms with Crippen LogP contribution in [-0.2, 0) is 10.0 Å². The highest BCUT2D eigenvalue weighted by Gasteiger charge is 2.39. The maximum absolute atomic E-state index is 12.6. The number of hydrogen-bond acceptors (Lipinski definition) is 5. The standard InChI is InChI=1S/C12H20N4O2S/c1-3-10-5-4-9(2)16(10)19(17,18)11-6-7-12(15-13)14-8-11/h6-10H,3-5,13H2,1-2H3,(H,14,15). The van der Waals surface area contributed by atoms with Crippen LogP contribution in [0.3, 0.4) is 0 Å². The Bertz CT molecular complexity index is 529. The van der Waals surface area contributed by atoms with Gasteiger partial charge in [0.15, 0.2) is 0 Å². The summed E-state index contributed by atoms with van der Waals surface area (Å²) in [7, 11) is -3.47. The van der Waals surface area contributed by atoms with Crippen molar-refractivity contribution in [2.75, 3.05) is 5.43 Å². The Morgan fingerprint density at radius 2 is 2.21 bits per heavy atom. The average molecular weight is 284 g/mol. The van der Waals surface area contributed by atoms with Crippen LogP contribution in [0.15, 0.2) is 23.2 Å². The van der Waals surface area contributed by atoms with Crippen molar-refractivity contribution in [1.82, 2.24) is 9.29 Å². The van der Waals surface area contributed by atoms with Crippen LogP contribution in [0.2, 0.25) is 0 Å². The summed E-state index contributed by atoms with van der Waals surface area (Å²) in [5, 5.41) is 0. The zero-order valence-electron chi connectivity index (χ0n) is 11.2. The van der Waals surface area contributed by atoms with Crippen LogP contribution in [0.5, 0.6) is 0 Å². The molecule has 19 heavy (non-hydrogen) atoms. The van der Waals surface area contributed by atoms with Crippen molar-refractivity contribution < 1.29 is 8.42 Å². The van der Waals surface area contributed by atoms with Crippen LogP contribution < -0.4 is 11.3 Å². The Hall–Kier alpha value is -1.18. The maximum Gasteiger partial charge on any atom is 0.245 e. The molecule has 1 aliphatic rings. The smallest absolute Gasteiger partial charge is 0.245 e. The van der Waals surface area contributed by atoms with E-state index in [0.717, 1.165) is 19.3 Å². The third-order valence-corrected chi connectivity index (χ3v) is 5.69. The highest BCUT2D eigenvalue weighted by Crippen LogP contribution is 2.32. The molecule has 0 aromatic carbocycles. The summed E-state index contributed by atoms with van der Waals surface area (Å²) in [6.45, 7) is 3.97. The number of hydrazine groups is 1. The molecular weight excluding hydrogens is 264 g/mol. The van der Waals surface area contributed by atoms with Crippen molar-refractivity contribution in [1.29, 1.82) is 0 Å². The Morgan fingerprint density at radius 3 is 2.74 bits per heavy atom. The molecule has 2 atom stereocenters. The first-order valence-electron chi connectivity index (χ1n) is 6.47. The fourth-order valence-electron chi connectivity index (χ4n) is 2.61. The second-order valence-electron chi connectivity index (χ2n) is 4.85. The van der Waals surface area contributed by atoms with Crippen molar-refractivity contribution in [3.05, 3.63) is 18.3 Å². The molecular formula is C12H20N4O2S. The molecule has 0 saturated carbocycles. The summed E-state index contributed by atoms with van der Waals surface area (Å²) in [4.78, 5) is 4.19. The SMILES string of the molecule is CCC1CCC(C)N1S(=O)(=O)c1ccc(NN)nc1. The van der Waals surface area contributed by atoms with Gasteiger partial charge < -0.3 is 5.43 Å². The third-order valence-electron chi connectivity index (χ3n) is 3.64. The first-order chi connectivity index (χ1) is 9.00. The molecule has 0 amide bonds. The summed E-state index contributed by atoms with van der Waals surface area (Å²) in [6.07, 6.45) is 4.02. The second-order valence-corrected chi connectivity index (χ2v) is 6.69. The van der Waals surface area contributed by atoms with Crippen LogP contribution in [0.4, 0.5) is 5.82 Å². The number of nitrogens with zero attached hydrogens (tertiary/aromatic N) is 2. The normalized spacial score (nSPS) is 24.6. The summed E-state index contributed by atoms with van der Waals surface area (Å²) >= 11 is 0. The molecule has 2 unspecified atom stereocenters. The minimum Gasteiger partial charge on any atom is -0.308 e. The van der Waals surface area contributed by atoms with Gasteiger partial charge in [0.2, 0.25) is 10.0 Å². The average Bonchev–Trinajstić information content (AvgIpc) is 2.80. The number of sulfonamides is 1. The highest BCUT2D eigenvalue weighted by molar-refractivity contribution is 7.89. The van der Waals surface area contributed by atoms with E-state index in [1.54, 1.807) is 10.4 Å². The molecule has 0 bridgehead atoms. The fraction of sp³-hybridized carbons (Fsp3) is 0.583. The fourth-order valence-corrected chi connectivity index (χ4v) is 4.50. The molecule has 2 heterocycles. The highest BCUT2D eigenvalue weighted by atomic mass is 32.2. The van der Waals surface area contributed by atoms with Gasteiger partial charge in [0.05, 0.1) is 0 Å². The molecule has 6 nitrogen and oxygen atoms in total. The number of nitrogen functional groups attached to an aromatic ring is 1. The Labute approximate surface area is 114 Å². The van der Waals surface area contributed by atoms with E-state index in [4.69, 9.17) is 5.84 Å². The van der Waals surface area contributed by atoms with Gasteiger partial charge in [-0.2, -0.15) is 4.31 Å². The van der Waals surface area contributed by atoms with Crippen LogP contribution in [-0.4, -0.2) is 29.8 Å². The van der Waals surface area contributed by atoms with Gasteiger partial charge in [-0.3, -0.25) is 0 Å². The van der Waals surface area contributed by atoms with E-state index in [-0.39, 0.29) is 17.0 Å². The largest absolute Gasteiger partial charge is 0.308 e. The number of hydrogen-bond donors (Lipinski definition) is 2. The molecule has 1 aromatic heterocycles. The molecule has 3 N–H and O–H groups in total. The van der Waals surface area contributed by atoms with Gasteiger partial charge in [-0.15, -0.1) is 0 Å². The summed E-state index contributed by atoms with van der Waals surface area (Å²) in [6, 6.07) is 3.23. The molecule has 1 aromatic rings. The minimum atomic E-state index is -3.47. The molecule has 0 spiro atoms. The van der Waals surface area contributed by atoms with Crippen LogP contribution >= 0.6 is 0 Å². The van der Waals surface area contributed by atoms with Gasteiger partial charge in [-0.1, -0.05) is 6.92 Å². The summed E-state index contributed by atoms with van der Waals surface area (Å²) < 4.78 is 26.9. The number of anilines is 1. The topological polar surface area (TPSA) is 88.3 Å². The number of pyridine rings is 1.